The summed E-state index contributed by atoms with van der Waals surface area (Å²) in [6.07, 6.45) is 0. The van der Waals surface area contributed by atoms with Gasteiger partial charge in [-0.2, -0.15) is 0 Å². The Bertz CT molecular complexity index is 879. The summed E-state index contributed by atoms with van der Waals surface area (Å²) in [5.41, 5.74) is 8.71. The van der Waals surface area contributed by atoms with Crippen molar-refractivity contribution in [2.24, 2.45) is 5.73 Å². The van der Waals surface area contributed by atoms with Crippen molar-refractivity contribution in [2.45, 2.75) is 13.5 Å². The topological polar surface area (TPSA) is 77.2 Å². The molecule has 3 N–H and O–H groups in total. The molecule has 0 unspecified atom stereocenters. The molecule has 0 fully saturated rings. The van der Waals surface area contributed by atoms with Gasteiger partial charge in [0.2, 0.25) is 5.88 Å². The van der Waals surface area contributed by atoms with Gasteiger partial charge in [0.1, 0.15) is 5.75 Å². The number of carbonyl (C=O) groups is 1. The Morgan fingerprint density at radius 2 is 1.88 bits per heavy atom. The third-order valence-corrected chi connectivity index (χ3v) is 3.58. The number of para-hydroxylation sites is 1. The Morgan fingerprint density at radius 1 is 1.08 bits per heavy atom. The van der Waals surface area contributed by atoms with Crippen LogP contribution in [0.25, 0.3) is 0 Å². The molecule has 1 aromatic heterocycles. The van der Waals surface area contributed by atoms with Crippen molar-refractivity contribution in [3.63, 3.8) is 0 Å². The molecule has 1 amide bonds. The molecule has 25 heavy (non-hydrogen) atoms. The second-order valence-corrected chi connectivity index (χ2v) is 5.61. The van der Waals surface area contributed by atoms with Crippen LogP contribution < -0.4 is 15.8 Å². The molecule has 0 aliphatic heterocycles. The Labute approximate surface area is 146 Å². The molecule has 0 bridgehead atoms. The molecule has 0 aliphatic carbocycles. The first-order chi connectivity index (χ1) is 12.1. The maximum absolute atomic E-state index is 12.4. The zero-order valence-electron chi connectivity index (χ0n) is 13.9. The molecule has 0 aliphatic rings. The Hall–Kier alpha value is -3.18. The minimum Gasteiger partial charge on any atom is -0.439 e. The molecule has 0 spiro atoms. The zero-order chi connectivity index (χ0) is 17.6. The van der Waals surface area contributed by atoms with E-state index in [1.165, 1.54) is 0 Å². The number of hydrogen-bond donors (Lipinski definition) is 2. The number of carbonyl (C=O) groups excluding carboxylic acids is 1. The lowest BCUT2D eigenvalue weighted by Gasteiger charge is -2.09. The summed E-state index contributed by atoms with van der Waals surface area (Å²) >= 11 is 0. The number of aromatic nitrogens is 1. The fourth-order valence-corrected chi connectivity index (χ4v) is 2.42. The summed E-state index contributed by atoms with van der Waals surface area (Å²) in [5, 5.41) is 2.85. The molecule has 0 radical (unpaired) electrons. The van der Waals surface area contributed by atoms with Crippen LogP contribution in [0.4, 0.5) is 5.69 Å². The molecule has 5 heteroatoms. The van der Waals surface area contributed by atoms with Crippen LogP contribution in [-0.2, 0) is 6.54 Å². The third kappa shape index (κ3) is 4.43. The van der Waals surface area contributed by atoms with Crippen LogP contribution in [0.2, 0.25) is 0 Å². The predicted octanol–water partition coefficient (Wildman–Crippen LogP) is 3.89. The van der Waals surface area contributed by atoms with Crippen molar-refractivity contribution < 1.29 is 9.53 Å². The number of rotatable bonds is 5. The van der Waals surface area contributed by atoms with Gasteiger partial charge in [-0.3, -0.25) is 4.79 Å². The average Bonchev–Trinajstić information content (AvgIpc) is 2.62. The van der Waals surface area contributed by atoms with E-state index >= 15 is 0 Å². The molecule has 126 valence electrons. The highest BCUT2D eigenvalue weighted by molar-refractivity contribution is 6.04. The fraction of sp³-hybridized carbons (Fsp3) is 0.100. The monoisotopic (exact) mass is 333 g/mol. The summed E-state index contributed by atoms with van der Waals surface area (Å²) in [6, 6.07) is 20.0. The number of ether oxygens (including phenoxy) is 1. The maximum atomic E-state index is 12.4. The highest BCUT2D eigenvalue weighted by Gasteiger charge is 2.08. The van der Waals surface area contributed by atoms with Crippen molar-refractivity contribution in [1.29, 1.82) is 0 Å². The minimum absolute atomic E-state index is 0.198. The van der Waals surface area contributed by atoms with Gasteiger partial charge >= 0.3 is 0 Å². The number of pyridine rings is 1. The second-order valence-electron chi connectivity index (χ2n) is 5.61. The highest BCUT2D eigenvalue weighted by Crippen LogP contribution is 2.22. The van der Waals surface area contributed by atoms with Crippen molar-refractivity contribution in [3.05, 3.63) is 83.6 Å². The standard InChI is InChI=1S/C20H19N3O2/c1-14-10-15(13-21)11-19(22-14)25-18-9-5-6-16(12-18)20(24)23-17-7-3-2-4-8-17/h2-12H,13,21H2,1H3,(H,23,24). The van der Waals surface area contributed by atoms with Crippen LogP contribution >= 0.6 is 0 Å². The first-order valence-corrected chi connectivity index (χ1v) is 7.96. The van der Waals surface area contributed by atoms with Gasteiger partial charge in [-0.15, -0.1) is 0 Å². The number of nitrogens with zero attached hydrogens (tertiary/aromatic N) is 1. The fourth-order valence-electron chi connectivity index (χ4n) is 2.42. The number of benzene rings is 2. The van der Waals surface area contributed by atoms with Gasteiger partial charge in [0, 0.05) is 29.6 Å². The highest BCUT2D eigenvalue weighted by atomic mass is 16.5. The van der Waals surface area contributed by atoms with Crippen molar-refractivity contribution in [3.8, 4) is 11.6 Å². The molecule has 1 heterocycles. The average molecular weight is 333 g/mol. The first-order valence-electron chi connectivity index (χ1n) is 7.96. The zero-order valence-corrected chi connectivity index (χ0v) is 13.9. The maximum Gasteiger partial charge on any atom is 0.255 e. The number of hydrogen-bond acceptors (Lipinski definition) is 4. The molecule has 3 rings (SSSR count). The van der Waals surface area contributed by atoms with Crippen LogP contribution in [0.5, 0.6) is 11.6 Å². The third-order valence-electron chi connectivity index (χ3n) is 3.58. The number of aryl methyl sites for hydroxylation is 1. The van der Waals surface area contributed by atoms with E-state index in [0.29, 0.717) is 23.7 Å². The summed E-state index contributed by atoms with van der Waals surface area (Å²) in [6.45, 7) is 2.30. The quantitative estimate of drug-likeness (QED) is 0.742. The molecular formula is C20H19N3O2. The molecule has 0 saturated carbocycles. The normalized spacial score (nSPS) is 10.3. The van der Waals surface area contributed by atoms with Gasteiger partial charge in [0.15, 0.2) is 0 Å². The van der Waals surface area contributed by atoms with Crippen molar-refractivity contribution in [1.82, 2.24) is 4.98 Å². The van der Waals surface area contributed by atoms with E-state index < -0.39 is 0 Å². The molecular weight excluding hydrogens is 314 g/mol. The second kappa shape index (κ2) is 7.59. The van der Waals surface area contributed by atoms with Crippen molar-refractivity contribution in [2.75, 3.05) is 5.32 Å². The summed E-state index contributed by atoms with van der Waals surface area (Å²) in [7, 11) is 0. The predicted molar refractivity (Wildman–Crippen MR) is 97.8 cm³/mol. The number of anilines is 1. The van der Waals surface area contributed by atoms with Crippen LogP contribution in [0.15, 0.2) is 66.7 Å². The van der Waals surface area contributed by atoms with Crippen molar-refractivity contribution >= 4 is 11.6 Å². The summed E-state index contributed by atoms with van der Waals surface area (Å²) in [4.78, 5) is 16.7. The first kappa shape index (κ1) is 16.7. The minimum atomic E-state index is -0.198. The molecule has 3 aromatic rings. The molecule has 5 nitrogen and oxygen atoms in total. The van der Waals surface area contributed by atoms with Gasteiger partial charge in [-0.25, -0.2) is 4.98 Å². The van der Waals surface area contributed by atoms with E-state index in [4.69, 9.17) is 10.5 Å². The van der Waals surface area contributed by atoms with Gasteiger partial charge in [0.05, 0.1) is 0 Å². The van der Waals surface area contributed by atoms with Gasteiger partial charge in [-0.1, -0.05) is 24.3 Å². The van der Waals surface area contributed by atoms with E-state index in [9.17, 15) is 4.79 Å². The van der Waals surface area contributed by atoms with E-state index in [0.717, 1.165) is 16.9 Å². The largest absolute Gasteiger partial charge is 0.439 e. The lowest BCUT2D eigenvalue weighted by molar-refractivity contribution is 0.102. The smallest absolute Gasteiger partial charge is 0.255 e. The van der Waals surface area contributed by atoms with Gasteiger partial charge in [-0.05, 0) is 48.9 Å². The van der Waals surface area contributed by atoms with Gasteiger partial charge in [0.25, 0.3) is 5.91 Å². The van der Waals surface area contributed by atoms with Crippen LogP contribution in [0.3, 0.4) is 0 Å². The number of amides is 1. The van der Waals surface area contributed by atoms with Crippen LogP contribution in [-0.4, -0.2) is 10.9 Å². The van der Waals surface area contributed by atoms with Gasteiger partial charge < -0.3 is 15.8 Å². The van der Waals surface area contributed by atoms with E-state index in [1.807, 2.05) is 43.3 Å². The summed E-state index contributed by atoms with van der Waals surface area (Å²) in [5.74, 6) is 0.805. The Balaban J connectivity index is 1.77. The lowest BCUT2D eigenvalue weighted by Crippen LogP contribution is -2.11. The number of nitrogens with two attached hydrogens (primary N) is 1. The Morgan fingerprint density at radius 3 is 2.64 bits per heavy atom. The number of nitrogens with one attached hydrogen (secondary N) is 1. The van der Waals surface area contributed by atoms with E-state index in [1.54, 1.807) is 30.3 Å². The van der Waals surface area contributed by atoms with E-state index in [-0.39, 0.29) is 5.91 Å². The molecule has 0 saturated heterocycles. The molecule has 0 atom stereocenters. The summed E-state index contributed by atoms with van der Waals surface area (Å²) < 4.78 is 5.80. The lowest BCUT2D eigenvalue weighted by atomic mass is 10.2. The van der Waals surface area contributed by atoms with E-state index in [2.05, 4.69) is 10.3 Å². The molecule has 2 aromatic carbocycles. The SMILES string of the molecule is Cc1cc(CN)cc(Oc2cccc(C(=O)Nc3ccccc3)c2)n1. The Kier molecular flexibility index (Phi) is 5.06. The van der Waals surface area contributed by atoms with Crippen LogP contribution in [0.1, 0.15) is 21.6 Å². The van der Waals surface area contributed by atoms with Crippen LogP contribution in [0, 0.1) is 6.92 Å².